The fourth-order valence-electron chi connectivity index (χ4n) is 3.33. The molecule has 0 heterocycles. The Bertz CT molecular complexity index is 622. The van der Waals surface area contributed by atoms with Gasteiger partial charge in [0.05, 0.1) is 11.5 Å². The lowest BCUT2D eigenvalue weighted by Crippen LogP contribution is -2.50. The molecule has 0 unspecified atom stereocenters. The summed E-state index contributed by atoms with van der Waals surface area (Å²) in [6, 6.07) is 7.09. The molecule has 23 heavy (non-hydrogen) atoms. The first-order chi connectivity index (χ1) is 10.8. The van der Waals surface area contributed by atoms with Gasteiger partial charge in [-0.15, -0.1) is 0 Å². The van der Waals surface area contributed by atoms with Crippen LogP contribution in [-0.2, 0) is 16.6 Å². The molecule has 0 aliphatic heterocycles. The summed E-state index contributed by atoms with van der Waals surface area (Å²) >= 11 is 0. The van der Waals surface area contributed by atoms with E-state index in [0.717, 1.165) is 31.2 Å². The first-order valence-electron chi connectivity index (χ1n) is 8.15. The SMILES string of the molecule is CN(Cc1cccc(S(=O)(=O)N(C)C)c1)C1(CO)CCCCC1. The normalized spacial score (nSPS) is 18.5. The Labute approximate surface area is 140 Å². The van der Waals surface area contributed by atoms with Gasteiger partial charge in [0, 0.05) is 26.2 Å². The number of nitrogens with zero attached hydrogens (tertiary/aromatic N) is 2. The lowest BCUT2D eigenvalue weighted by molar-refractivity contribution is 0.0132. The van der Waals surface area contributed by atoms with Crippen LogP contribution in [0.2, 0.25) is 0 Å². The number of benzene rings is 1. The Morgan fingerprint density at radius 1 is 1.13 bits per heavy atom. The molecule has 0 spiro atoms. The van der Waals surface area contributed by atoms with E-state index in [9.17, 15) is 13.5 Å². The molecule has 0 bridgehead atoms. The average molecular weight is 340 g/mol. The van der Waals surface area contributed by atoms with Gasteiger partial charge in [-0.25, -0.2) is 12.7 Å². The summed E-state index contributed by atoms with van der Waals surface area (Å²) in [5, 5.41) is 9.90. The summed E-state index contributed by atoms with van der Waals surface area (Å²) in [5.74, 6) is 0. The molecular weight excluding hydrogens is 312 g/mol. The van der Waals surface area contributed by atoms with E-state index in [1.807, 2.05) is 13.1 Å². The molecule has 130 valence electrons. The molecule has 1 aromatic carbocycles. The fourth-order valence-corrected chi connectivity index (χ4v) is 4.30. The van der Waals surface area contributed by atoms with E-state index >= 15 is 0 Å². The van der Waals surface area contributed by atoms with Gasteiger partial charge in [0.25, 0.3) is 0 Å². The van der Waals surface area contributed by atoms with Gasteiger partial charge in [-0.1, -0.05) is 31.4 Å². The average Bonchev–Trinajstić information content (AvgIpc) is 2.55. The third-order valence-corrected chi connectivity index (χ3v) is 6.80. The molecule has 1 aromatic rings. The van der Waals surface area contributed by atoms with Crippen LogP contribution in [0.15, 0.2) is 29.2 Å². The molecule has 1 aliphatic rings. The maximum absolute atomic E-state index is 12.3. The van der Waals surface area contributed by atoms with E-state index in [-0.39, 0.29) is 12.1 Å². The van der Waals surface area contributed by atoms with E-state index in [4.69, 9.17) is 0 Å². The maximum atomic E-state index is 12.3. The van der Waals surface area contributed by atoms with Crippen LogP contribution in [0.5, 0.6) is 0 Å². The number of hydrogen-bond acceptors (Lipinski definition) is 4. The third kappa shape index (κ3) is 3.94. The van der Waals surface area contributed by atoms with Gasteiger partial charge in [0.1, 0.15) is 0 Å². The zero-order valence-corrected chi connectivity index (χ0v) is 15.1. The molecule has 1 N–H and O–H groups in total. The zero-order valence-electron chi connectivity index (χ0n) is 14.3. The van der Waals surface area contributed by atoms with Crippen molar-refractivity contribution in [1.29, 1.82) is 0 Å². The Kier molecular flexibility index (Phi) is 5.84. The predicted octanol–water partition coefficient (Wildman–Crippen LogP) is 2.06. The molecule has 0 aromatic heterocycles. The van der Waals surface area contributed by atoms with Crippen molar-refractivity contribution >= 4 is 10.0 Å². The smallest absolute Gasteiger partial charge is 0.242 e. The molecule has 1 aliphatic carbocycles. The van der Waals surface area contributed by atoms with E-state index in [1.165, 1.54) is 24.8 Å². The van der Waals surface area contributed by atoms with Crippen LogP contribution in [-0.4, -0.2) is 56.0 Å². The standard InChI is InChI=1S/C17H28N2O3S/c1-18(2)23(21,22)16-9-7-8-15(12-16)13-19(3)17(14-20)10-5-4-6-11-17/h7-9,12,20H,4-6,10-11,13-14H2,1-3H3. The number of rotatable bonds is 6. The zero-order chi connectivity index (χ0) is 17.1. The van der Waals surface area contributed by atoms with Gasteiger partial charge < -0.3 is 5.11 Å². The molecule has 0 saturated heterocycles. The number of aliphatic hydroxyl groups excluding tert-OH is 1. The highest BCUT2D eigenvalue weighted by atomic mass is 32.2. The molecule has 1 saturated carbocycles. The number of hydrogen-bond donors (Lipinski definition) is 1. The highest BCUT2D eigenvalue weighted by Gasteiger charge is 2.35. The quantitative estimate of drug-likeness (QED) is 0.861. The first-order valence-corrected chi connectivity index (χ1v) is 9.59. The van der Waals surface area contributed by atoms with E-state index in [2.05, 4.69) is 4.90 Å². The Balaban J connectivity index is 2.20. The van der Waals surface area contributed by atoms with Gasteiger partial charge in [0.2, 0.25) is 10.0 Å². The molecule has 0 amide bonds. The van der Waals surface area contributed by atoms with Crippen LogP contribution in [0.4, 0.5) is 0 Å². The molecule has 0 radical (unpaired) electrons. The molecule has 0 atom stereocenters. The van der Waals surface area contributed by atoms with E-state index in [0.29, 0.717) is 11.4 Å². The monoisotopic (exact) mass is 340 g/mol. The number of sulfonamides is 1. The van der Waals surface area contributed by atoms with E-state index < -0.39 is 10.0 Å². The Morgan fingerprint density at radius 2 is 1.78 bits per heavy atom. The van der Waals surface area contributed by atoms with Crippen LogP contribution >= 0.6 is 0 Å². The van der Waals surface area contributed by atoms with Crippen LogP contribution in [0.1, 0.15) is 37.7 Å². The molecule has 2 rings (SSSR count). The van der Waals surface area contributed by atoms with Gasteiger partial charge in [0.15, 0.2) is 0 Å². The van der Waals surface area contributed by atoms with Crippen LogP contribution in [0, 0.1) is 0 Å². The number of aliphatic hydroxyl groups is 1. The predicted molar refractivity (Wildman–Crippen MR) is 91.7 cm³/mol. The van der Waals surface area contributed by atoms with Crippen molar-refractivity contribution in [3.63, 3.8) is 0 Å². The molecule has 1 fully saturated rings. The van der Waals surface area contributed by atoms with Crippen molar-refractivity contribution in [2.24, 2.45) is 0 Å². The highest BCUT2D eigenvalue weighted by molar-refractivity contribution is 7.89. The van der Waals surface area contributed by atoms with Crippen molar-refractivity contribution in [2.75, 3.05) is 27.7 Å². The van der Waals surface area contributed by atoms with Crippen molar-refractivity contribution in [3.8, 4) is 0 Å². The van der Waals surface area contributed by atoms with Gasteiger partial charge in [-0.3, -0.25) is 4.90 Å². The summed E-state index contributed by atoms with van der Waals surface area (Å²) in [5.41, 5.74) is 0.781. The summed E-state index contributed by atoms with van der Waals surface area (Å²) < 4.78 is 25.8. The minimum Gasteiger partial charge on any atom is -0.394 e. The summed E-state index contributed by atoms with van der Waals surface area (Å²) in [4.78, 5) is 2.50. The Hall–Kier alpha value is -0.950. The van der Waals surface area contributed by atoms with E-state index in [1.54, 1.807) is 18.2 Å². The first kappa shape index (κ1) is 18.4. The maximum Gasteiger partial charge on any atom is 0.242 e. The minimum atomic E-state index is -3.42. The second kappa shape index (κ2) is 7.30. The topological polar surface area (TPSA) is 60.9 Å². The highest BCUT2D eigenvalue weighted by Crippen LogP contribution is 2.33. The van der Waals surface area contributed by atoms with Gasteiger partial charge >= 0.3 is 0 Å². The van der Waals surface area contributed by atoms with Crippen molar-refractivity contribution in [1.82, 2.24) is 9.21 Å². The molecule has 5 nitrogen and oxygen atoms in total. The fraction of sp³-hybridized carbons (Fsp3) is 0.647. The van der Waals surface area contributed by atoms with Crippen molar-refractivity contribution in [3.05, 3.63) is 29.8 Å². The van der Waals surface area contributed by atoms with Crippen LogP contribution in [0.25, 0.3) is 0 Å². The van der Waals surface area contributed by atoms with Crippen molar-refractivity contribution < 1.29 is 13.5 Å². The van der Waals surface area contributed by atoms with Crippen LogP contribution in [0.3, 0.4) is 0 Å². The summed E-state index contributed by atoms with van der Waals surface area (Å²) in [6.07, 6.45) is 5.50. The second-order valence-electron chi connectivity index (χ2n) is 6.73. The van der Waals surface area contributed by atoms with Crippen LogP contribution < -0.4 is 0 Å². The molecular formula is C17H28N2O3S. The largest absolute Gasteiger partial charge is 0.394 e. The third-order valence-electron chi connectivity index (χ3n) is 4.99. The lowest BCUT2D eigenvalue weighted by atomic mass is 9.81. The Morgan fingerprint density at radius 3 is 2.35 bits per heavy atom. The second-order valence-corrected chi connectivity index (χ2v) is 8.89. The summed E-state index contributed by atoms with van der Waals surface area (Å²) in [7, 11) is 1.68. The van der Waals surface area contributed by atoms with Gasteiger partial charge in [-0.05, 0) is 37.6 Å². The van der Waals surface area contributed by atoms with Crippen molar-refractivity contribution in [2.45, 2.75) is 49.1 Å². The summed E-state index contributed by atoms with van der Waals surface area (Å²) in [6.45, 7) is 0.788. The number of likely N-dealkylation sites (N-methyl/N-ethyl adjacent to an activating group) is 1. The lowest BCUT2D eigenvalue weighted by Gasteiger charge is -2.43. The molecule has 6 heteroatoms. The van der Waals surface area contributed by atoms with Gasteiger partial charge in [-0.2, -0.15) is 0 Å². The minimum absolute atomic E-state index is 0.152.